The van der Waals surface area contributed by atoms with E-state index < -0.39 is 0 Å². The lowest BCUT2D eigenvalue weighted by Gasteiger charge is -2.34. The number of likely N-dealkylation sites (tertiary alicyclic amines) is 1. The Labute approximate surface area is 121 Å². The Bertz CT molecular complexity index is 445. The molecular weight excluding hydrogens is 252 g/mol. The van der Waals surface area contributed by atoms with Crippen LogP contribution in [-0.4, -0.2) is 50.5 Å². The number of rotatable bonds is 4. The van der Waals surface area contributed by atoms with Gasteiger partial charge in [0, 0.05) is 32.0 Å². The van der Waals surface area contributed by atoms with Crippen molar-refractivity contribution in [2.75, 3.05) is 19.7 Å². The second kappa shape index (κ2) is 6.22. The fourth-order valence-electron chi connectivity index (χ4n) is 3.58. The molecular formula is C15H26N4O. The highest BCUT2D eigenvalue weighted by Crippen LogP contribution is 2.22. The van der Waals surface area contributed by atoms with Crippen LogP contribution in [0.2, 0.25) is 0 Å². The Morgan fingerprint density at radius 2 is 2.15 bits per heavy atom. The lowest BCUT2D eigenvalue weighted by Crippen LogP contribution is -2.40. The van der Waals surface area contributed by atoms with E-state index in [4.69, 9.17) is 4.98 Å². The van der Waals surface area contributed by atoms with Gasteiger partial charge in [-0.3, -0.25) is 0 Å². The van der Waals surface area contributed by atoms with Crippen LogP contribution in [0.25, 0.3) is 0 Å². The maximum Gasteiger partial charge on any atom is 0.152 e. The zero-order chi connectivity index (χ0) is 13.9. The molecule has 1 N–H and O–H groups in total. The van der Waals surface area contributed by atoms with E-state index in [1.165, 1.54) is 25.8 Å². The van der Waals surface area contributed by atoms with Gasteiger partial charge in [-0.25, -0.2) is 9.67 Å². The Morgan fingerprint density at radius 3 is 2.95 bits per heavy atom. The minimum Gasteiger partial charge on any atom is -0.396 e. The summed E-state index contributed by atoms with van der Waals surface area (Å²) in [6.45, 7) is 5.78. The van der Waals surface area contributed by atoms with Gasteiger partial charge in [-0.05, 0) is 38.3 Å². The van der Waals surface area contributed by atoms with E-state index in [-0.39, 0.29) is 6.61 Å². The molecule has 3 heterocycles. The molecule has 1 fully saturated rings. The summed E-state index contributed by atoms with van der Waals surface area (Å²) in [6.07, 6.45) is 6.83. The van der Waals surface area contributed by atoms with Crippen molar-refractivity contribution >= 4 is 0 Å². The van der Waals surface area contributed by atoms with Crippen LogP contribution in [-0.2, 0) is 19.4 Å². The molecule has 0 saturated carbocycles. The van der Waals surface area contributed by atoms with E-state index >= 15 is 0 Å². The van der Waals surface area contributed by atoms with E-state index in [1.807, 2.05) is 0 Å². The molecule has 0 bridgehead atoms. The molecule has 1 saturated heterocycles. The number of aliphatic hydroxyl groups excluding tert-OH is 1. The minimum absolute atomic E-state index is 0.272. The van der Waals surface area contributed by atoms with Crippen LogP contribution in [0.15, 0.2) is 0 Å². The summed E-state index contributed by atoms with van der Waals surface area (Å²) in [6, 6.07) is 0.617. The Kier molecular flexibility index (Phi) is 4.36. The number of aliphatic hydroxyl groups is 1. The first kappa shape index (κ1) is 14.0. The van der Waals surface area contributed by atoms with Crippen molar-refractivity contribution < 1.29 is 5.11 Å². The second-order valence-electron chi connectivity index (χ2n) is 6.19. The van der Waals surface area contributed by atoms with Gasteiger partial charge in [0.05, 0.1) is 0 Å². The summed E-state index contributed by atoms with van der Waals surface area (Å²) in [4.78, 5) is 7.30. The van der Waals surface area contributed by atoms with Gasteiger partial charge in [-0.1, -0.05) is 13.3 Å². The SMILES string of the molecule is CCN1CCCCC1Cc1nc2n(n1)CCC(CO)C2. The van der Waals surface area contributed by atoms with Crippen LogP contribution in [0, 0.1) is 5.92 Å². The quantitative estimate of drug-likeness (QED) is 0.900. The van der Waals surface area contributed by atoms with E-state index in [0.29, 0.717) is 12.0 Å². The number of hydrogen-bond acceptors (Lipinski definition) is 4. The van der Waals surface area contributed by atoms with Crippen molar-refractivity contribution in [3.8, 4) is 0 Å². The minimum atomic E-state index is 0.272. The van der Waals surface area contributed by atoms with Crippen LogP contribution < -0.4 is 0 Å². The summed E-state index contributed by atoms with van der Waals surface area (Å²) in [5.41, 5.74) is 0. The third-order valence-corrected chi connectivity index (χ3v) is 4.84. The third-order valence-electron chi connectivity index (χ3n) is 4.84. The summed E-state index contributed by atoms with van der Waals surface area (Å²) >= 11 is 0. The smallest absolute Gasteiger partial charge is 0.152 e. The van der Waals surface area contributed by atoms with Crippen LogP contribution >= 0.6 is 0 Å². The number of likely N-dealkylation sites (N-methyl/N-ethyl adjacent to an activating group) is 1. The average Bonchev–Trinajstić information content (AvgIpc) is 2.89. The molecule has 20 heavy (non-hydrogen) atoms. The fraction of sp³-hybridized carbons (Fsp3) is 0.867. The van der Waals surface area contributed by atoms with E-state index in [0.717, 1.165) is 44.0 Å². The molecule has 0 amide bonds. The Balaban J connectivity index is 1.67. The Hall–Kier alpha value is -0.940. The Morgan fingerprint density at radius 1 is 1.25 bits per heavy atom. The molecule has 0 spiro atoms. The molecule has 2 atom stereocenters. The second-order valence-corrected chi connectivity index (χ2v) is 6.19. The zero-order valence-corrected chi connectivity index (χ0v) is 12.5. The normalized spacial score (nSPS) is 27.5. The van der Waals surface area contributed by atoms with Crippen molar-refractivity contribution in [3.63, 3.8) is 0 Å². The van der Waals surface area contributed by atoms with Crippen molar-refractivity contribution in [2.24, 2.45) is 5.92 Å². The highest BCUT2D eigenvalue weighted by atomic mass is 16.3. The maximum atomic E-state index is 9.29. The van der Waals surface area contributed by atoms with Crippen LogP contribution in [0.1, 0.15) is 44.3 Å². The zero-order valence-electron chi connectivity index (χ0n) is 12.5. The highest BCUT2D eigenvalue weighted by molar-refractivity contribution is 5.00. The van der Waals surface area contributed by atoms with Crippen molar-refractivity contribution in [3.05, 3.63) is 11.6 Å². The predicted molar refractivity (Wildman–Crippen MR) is 77.5 cm³/mol. The monoisotopic (exact) mass is 278 g/mol. The van der Waals surface area contributed by atoms with Crippen molar-refractivity contribution in [2.45, 2.75) is 58.0 Å². The lowest BCUT2D eigenvalue weighted by atomic mass is 9.99. The van der Waals surface area contributed by atoms with Gasteiger partial charge in [-0.15, -0.1) is 0 Å². The first-order chi connectivity index (χ1) is 9.80. The molecule has 1 aromatic rings. The van der Waals surface area contributed by atoms with Crippen LogP contribution in [0.5, 0.6) is 0 Å². The summed E-state index contributed by atoms with van der Waals surface area (Å²) < 4.78 is 2.06. The molecule has 112 valence electrons. The van der Waals surface area contributed by atoms with Gasteiger partial charge < -0.3 is 10.0 Å². The fourth-order valence-corrected chi connectivity index (χ4v) is 3.58. The van der Waals surface area contributed by atoms with Crippen LogP contribution in [0.3, 0.4) is 0 Å². The van der Waals surface area contributed by atoms with Gasteiger partial charge in [0.2, 0.25) is 0 Å². The van der Waals surface area contributed by atoms with Gasteiger partial charge in [-0.2, -0.15) is 5.10 Å². The molecule has 2 aliphatic rings. The largest absolute Gasteiger partial charge is 0.396 e. The number of aromatic nitrogens is 3. The summed E-state index contributed by atoms with van der Waals surface area (Å²) in [5, 5.41) is 14.0. The highest BCUT2D eigenvalue weighted by Gasteiger charge is 2.25. The molecule has 2 unspecified atom stereocenters. The van der Waals surface area contributed by atoms with E-state index in [1.54, 1.807) is 0 Å². The van der Waals surface area contributed by atoms with Crippen LogP contribution in [0.4, 0.5) is 0 Å². The van der Waals surface area contributed by atoms with Crippen molar-refractivity contribution in [1.82, 2.24) is 19.7 Å². The summed E-state index contributed by atoms with van der Waals surface area (Å²) in [5.74, 6) is 2.45. The van der Waals surface area contributed by atoms with Gasteiger partial charge >= 0.3 is 0 Å². The van der Waals surface area contributed by atoms with Gasteiger partial charge in [0.15, 0.2) is 5.82 Å². The van der Waals surface area contributed by atoms with Gasteiger partial charge in [0.25, 0.3) is 0 Å². The molecule has 5 nitrogen and oxygen atoms in total. The van der Waals surface area contributed by atoms with Crippen molar-refractivity contribution in [1.29, 1.82) is 0 Å². The standard InChI is InChI=1S/C15H26N4O/c1-2-18-7-4-3-5-13(18)10-14-16-15-9-12(11-20)6-8-19(15)17-14/h12-13,20H,2-11H2,1H3. The molecule has 3 rings (SSSR count). The number of hydrogen-bond donors (Lipinski definition) is 1. The number of nitrogens with zero attached hydrogens (tertiary/aromatic N) is 4. The average molecular weight is 278 g/mol. The number of piperidine rings is 1. The predicted octanol–water partition coefficient (Wildman–Crippen LogP) is 1.25. The number of fused-ring (bicyclic) bond motifs is 1. The molecule has 2 aliphatic heterocycles. The maximum absolute atomic E-state index is 9.29. The molecule has 0 radical (unpaired) electrons. The molecule has 5 heteroatoms. The first-order valence-electron chi connectivity index (χ1n) is 8.07. The third kappa shape index (κ3) is 2.88. The summed E-state index contributed by atoms with van der Waals surface area (Å²) in [7, 11) is 0. The molecule has 0 aliphatic carbocycles. The number of aryl methyl sites for hydroxylation is 1. The van der Waals surface area contributed by atoms with E-state index in [9.17, 15) is 5.11 Å². The molecule has 1 aromatic heterocycles. The topological polar surface area (TPSA) is 54.2 Å². The first-order valence-corrected chi connectivity index (χ1v) is 8.07. The molecule has 0 aromatic carbocycles. The van der Waals surface area contributed by atoms with E-state index in [2.05, 4.69) is 21.6 Å². The van der Waals surface area contributed by atoms with Gasteiger partial charge in [0.1, 0.15) is 5.82 Å². The lowest BCUT2D eigenvalue weighted by molar-refractivity contribution is 0.153.